The lowest BCUT2D eigenvalue weighted by Gasteiger charge is -2.37. The molecule has 158 valence electrons. The summed E-state index contributed by atoms with van der Waals surface area (Å²) in [7, 11) is 1.85. The number of rotatable bonds is 5. The number of para-hydroxylation sites is 1. The smallest absolute Gasteiger partial charge is 0.222 e. The molecule has 0 radical (unpaired) electrons. The SMILES string of the molecule is CN=C(NCc1ccc(CN2CCCC2=O)cc1)N1CCN(c2ccccc2)CC1. The van der Waals surface area contributed by atoms with Gasteiger partial charge in [0.2, 0.25) is 5.91 Å². The van der Waals surface area contributed by atoms with E-state index in [1.54, 1.807) is 0 Å². The van der Waals surface area contributed by atoms with Gasteiger partial charge in [0.1, 0.15) is 0 Å². The van der Waals surface area contributed by atoms with Crippen LogP contribution in [0.15, 0.2) is 59.6 Å². The van der Waals surface area contributed by atoms with E-state index in [9.17, 15) is 4.79 Å². The normalized spacial score (nSPS) is 17.6. The number of amides is 1. The van der Waals surface area contributed by atoms with Crippen molar-refractivity contribution in [3.63, 3.8) is 0 Å². The highest BCUT2D eigenvalue weighted by Crippen LogP contribution is 2.16. The predicted octanol–water partition coefficient (Wildman–Crippen LogP) is 2.71. The second-order valence-electron chi connectivity index (χ2n) is 7.95. The number of aliphatic imine (C=N–C) groups is 1. The van der Waals surface area contributed by atoms with Crippen LogP contribution >= 0.6 is 0 Å². The molecule has 0 atom stereocenters. The topological polar surface area (TPSA) is 51.2 Å². The van der Waals surface area contributed by atoms with Gasteiger partial charge >= 0.3 is 0 Å². The summed E-state index contributed by atoms with van der Waals surface area (Å²) in [6.45, 7) is 6.25. The van der Waals surface area contributed by atoms with Crippen molar-refractivity contribution < 1.29 is 4.79 Å². The zero-order valence-electron chi connectivity index (χ0n) is 17.8. The number of anilines is 1. The van der Waals surface area contributed by atoms with Crippen molar-refractivity contribution in [2.45, 2.75) is 25.9 Å². The molecule has 6 heteroatoms. The minimum Gasteiger partial charge on any atom is -0.368 e. The van der Waals surface area contributed by atoms with Gasteiger partial charge in [0.05, 0.1) is 0 Å². The number of nitrogens with one attached hydrogen (secondary N) is 1. The van der Waals surface area contributed by atoms with E-state index < -0.39 is 0 Å². The van der Waals surface area contributed by atoms with Crippen LogP contribution in [-0.2, 0) is 17.9 Å². The summed E-state index contributed by atoms with van der Waals surface area (Å²) in [4.78, 5) is 23.0. The summed E-state index contributed by atoms with van der Waals surface area (Å²) in [5.74, 6) is 1.23. The van der Waals surface area contributed by atoms with Gasteiger partial charge in [-0.15, -0.1) is 0 Å². The van der Waals surface area contributed by atoms with E-state index in [2.05, 4.69) is 74.7 Å². The molecule has 0 bridgehead atoms. The zero-order chi connectivity index (χ0) is 20.8. The van der Waals surface area contributed by atoms with Crippen LogP contribution in [0.1, 0.15) is 24.0 Å². The third kappa shape index (κ3) is 4.93. The van der Waals surface area contributed by atoms with Gasteiger partial charge in [0.15, 0.2) is 5.96 Å². The van der Waals surface area contributed by atoms with Crippen LogP contribution in [-0.4, -0.2) is 61.4 Å². The lowest BCUT2D eigenvalue weighted by Crippen LogP contribution is -2.52. The number of carbonyl (C=O) groups is 1. The summed E-state index contributed by atoms with van der Waals surface area (Å²) in [5, 5.41) is 3.50. The van der Waals surface area contributed by atoms with Crippen molar-refractivity contribution in [1.29, 1.82) is 0 Å². The number of likely N-dealkylation sites (tertiary alicyclic amines) is 1. The molecule has 2 aliphatic rings. The number of hydrogen-bond acceptors (Lipinski definition) is 3. The van der Waals surface area contributed by atoms with E-state index in [-0.39, 0.29) is 5.91 Å². The van der Waals surface area contributed by atoms with Crippen molar-refractivity contribution in [2.75, 3.05) is 44.7 Å². The molecule has 4 rings (SSSR count). The molecule has 2 aromatic rings. The van der Waals surface area contributed by atoms with E-state index in [4.69, 9.17) is 0 Å². The predicted molar refractivity (Wildman–Crippen MR) is 122 cm³/mol. The van der Waals surface area contributed by atoms with Crippen molar-refractivity contribution in [3.05, 3.63) is 65.7 Å². The van der Waals surface area contributed by atoms with Crippen LogP contribution in [0.3, 0.4) is 0 Å². The molecule has 2 aliphatic heterocycles. The first-order valence-corrected chi connectivity index (χ1v) is 10.8. The fourth-order valence-electron chi connectivity index (χ4n) is 4.18. The van der Waals surface area contributed by atoms with E-state index in [1.807, 2.05) is 11.9 Å². The van der Waals surface area contributed by atoms with Gasteiger partial charge in [-0.1, -0.05) is 42.5 Å². The zero-order valence-corrected chi connectivity index (χ0v) is 17.8. The molecule has 1 amide bonds. The molecule has 2 saturated heterocycles. The van der Waals surface area contributed by atoms with Crippen LogP contribution in [0.25, 0.3) is 0 Å². The van der Waals surface area contributed by atoms with Gasteiger partial charge in [-0.3, -0.25) is 9.79 Å². The van der Waals surface area contributed by atoms with Gasteiger partial charge in [-0.2, -0.15) is 0 Å². The molecule has 2 heterocycles. The third-order valence-electron chi connectivity index (χ3n) is 5.93. The molecular formula is C24H31N5O. The Hall–Kier alpha value is -3.02. The molecule has 0 aromatic heterocycles. The maximum Gasteiger partial charge on any atom is 0.222 e. The standard InChI is InChI=1S/C24H31N5O/c1-25-24(28-16-14-27(15-17-28)22-6-3-2-4-7-22)26-18-20-9-11-21(12-10-20)19-29-13-5-8-23(29)30/h2-4,6-7,9-12H,5,8,13-19H2,1H3,(H,25,26). The van der Waals surface area contributed by atoms with Gasteiger partial charge in [-0.05, 0) is 29.7 Å². The number of carbonyl (C=O) groups excluding carboxylic acids is 1. The highest BCUT2D eigenvalue weighted by molar-refractivity contribution is 5.80. The molecule has 1 N–H and O–H groups in total. The Balaban J connectivity index is 1.26. The Morgan fingerprint density at radius 1 is 0.933 bits per heavy atom. The Morgan fingerprint density at radius 3 is 2.27 bits per heavy atom. The maximum atomic E-state index is 11.8. The van der Waals surface area contributed by atoms with Crippen molar-refractivity contribution in [2.24, 2.45) is 4.99 Å². The largest absolute Gasteiger partial charge is 0.368 e. The van der Waals surface area contributed by atoms with Crippen LogP contribution < -0.4 is 10.2 Å². The minimum absolute atomic E-state index is 0.275. The van der Waals surface area contributed by atoms with Crippen LogP contribution in [0.5, 0.6) is 0 Å². The molecule has 0 aliphatic carbocycles. The van der Waals surface area contributed by atoms with Crippen LogP contribution in [0.4, 0.5) is 5.69 Å². The molecule has 2 aromatic carbocycles. The van der Waals surface area contributed by atoms with E-state index >= 15 is 0 Å². The van der Waals surface area contributed by atoms with Crippen molar-refractivity contribution >= 4 is 17.6 Å². The van der Waals surface area contributed by atoms with Gasteiger partial charge in [-0.25, -0.2) is 0 Å². The Bertz CT molecular complexity index is 857. The fraction of sp³-hybridized carbons (Fsp3) is 0.417. The lowest BCUT2D eigenvalue weighted by atomic mass is 10.1. The molecular weight excluding hydrogens is 374 g/mol. The summed E-state index contributed by atoms with van der Waals surface area (Å²) in [6, 6.07) is 19.1. The second-order valence-corrected chi connectivity index (χ2v) is 7.95. The number of piperazine rings is 1. The molecule has 30 heavy (non-hydrogen) atoms. The average Bonchev–Trinajstić information content (AvgIpc) is 3.20. The first kappa shape index (κ1) is 20.3. The van der Waals surface area contributed by atoms with Gasteiger partial charge < -0.3 is 20.0 Å². The number of benzene rings is 2. The van der Waals surface area contributed by atoms with E-state index in [0.29, 0.717) is 6.42 Å². The van der Waals surface area contributed by atoms with Gasteiger partial charge in [0.25, 0.3) is 0 Å². The molecule has 0 spiro atoms. The number of hydrogen-bond donors (Lipinski definition) is 1. The first-order chi connectivity index (χ1) is 14.7. The quantitative estimate of drug-likeness (QED) is 0.614. The summed E-state index contributed by atoms with van der Waals surface area (Å²) >= 11 is 0. The maximum absolute atomic E-state index is 11.8. The lowest BCUT2D eigenvalue weighted by molar-refractivity contribution is -0.128. The second kappa shape index (κ2) is 9.65. The summed E-state index contributed by atoms with van der Waals surface area (Å²) < 4.78 is 0. The summed E-state index contributed by atoms with van der Waals surface area (Å²) in [6.07, 6.45) is 1.68. The Morgan fingerprint density at radius 2 is 1.63 bits per heavy atom. The Labute approximate surface area is 179 Å². The van der Waals surface area contributed by atoms with Crippen molar-refractivity contribution in [1.82, 2.24) is 15.1 Å². The van der Waals surface area contributed by atoms with Crippen LogP contribution in [0.2, 0.25) is 0 Å². The minimum atomic E-state index is 0.275. The highest BCUT2D eigenvalue weighted by atomic mass is 16.2. The molecule has 0 saturated carbocycles. The van der Waals surface area contributed by atoms with Crippen molar-refractivity contribution in [3.8, 4) is 0 Å². The highest BCUT2D eigenvalue weighted by Gasteiger charge is 2.21. The van der Waals surface area contributed by atoms with E-state index in [0.717, 1.165) is 58.2 Å². The van der Waals surface area contributed by atoms with Gasteiger partial charge in [0, 0.05) is 65.0 Å². The van der Waals surface area contributed by atoms with E-state index in [1.165, 1.54) is 16.8 Å². The molecule has 6 nitrogen and oxygen atoms in total. The fourth-order valence-corrected chi connectivity index (χ4v) is 4.18. The average molecular weight is 406 g/mol. The number of guanidine groups is 1. The molecule has 2 fully saturated rings. The summed E-state index contributed by atoms with van der Waals surface area (Å²) in [5.41, 5.74) is 3.70. The number of nitrogens with zero attached hydrogens (tertiary/aromatic N) is 4. The molecule has 0 unspecified atom stereocenters. The van der Waals surface area contributed by atoms with Crippen LogP contribution in [0, 0.1) is 0 Å². The monoisotopic (exact) mass is 405 g/mol. The third-order valence-corrected chi connectivity index (χ3v) is 5.93. The Kier molecular flexibility index (Phi) is 6.52. The first-order valence-electron chi connectivity index (χ1n) is 10.8.